The molecular formula is C17H20N6O. The van der Waals surface area contributed by atoms with E-state index in [0.29, 0.717) is 17.5 Å². The lowest BCUT2D eigenvalue weighted by atomic mass is 10.2. The Bertz CT molecular complexity index is 920. The van der Waals surface area contributed by atoms with Crippen LogP contribution in [0.5, 0.6) is 0 Å². The maximum atomic E-state index is 12.8. The van der Waals surface area contributed by atoms with Crippen molar-refractivity contribution >= 4 is 17.4 Å². The number of carbonyl (C=O) groups excluding carboxylic acids is 1. The van der Waals surface area contributed by atoms with Crippen molar-refractivity contribution in [2.24, 2.45) is 5.92 Å². The second kappa shape index (κ2) is 5.43. The Morgan fingerprint density at radius 1 is 1.29 bits per heavy atom. The number of nitrogens with zero attached hydrogens (tertiary/aromatic N) is 5. The number of amides is 1. The Kier molecular flexibility index (Phi) is 3.37. The second-order valence-corrected chi connectivity index (χ2v) is 6.51. The molecule has 0 aromatic carbocycles. The molecule has 7 heteroatoms. The second-order valence-electron chi connectivity index (χ2n) is 6.51. The van der Waals surface area contributed by atoms with Crippen LogP contribution < -0.4 is 5.32 Å². The highest BCUT2D eigenvalue weighted by Crippen LogP contribution is 2.40. The molecule has 1 amide bonds. The lowest BCUT2D eigenvalue weighted by Crippen LogP contribution is -2.21. The fourth-order valence-corrected chi connectivity index (χ4v) is 3.08. The molecule has 1 N–H and O–H groups in total. The van der Waals surface area contributed by atoms with E-state index in [2.05, 4.69) is 27.4 Å². The molecule has 124 valence electrons. The topological polar surface area (TPSA) is 77.1 Å². The number of anilines is 1. The fraction of sp³-hybridized carbons (Fsp3) is 0.412. The van der Waals surface area contributed by atoms with Crippen LogP contribution in [0.25, 0.3) is 5.65 Å². The van der Waals surface area contributed by atoms with E-state index in [1.165, 1.54) is 12.8 Å². The zero-order valence-electron chi connectivity index (χ0n) is 14.0. The quantitative estimate of drug-likeness (QED) is 0.800. The number of aromatic nitrogens is 5. The molecule has 4 rings (SSSR count). The summed E-state index contributed by atoms with van der Waals surface area (Å²) in [5.74, 6) is 1.23. The minimum Gasteiger partial charge on any atom is -0.306 e. The van der Waals surface area contributed by atoms with E-state index in [0.717, 1.165) is 22.7 Å². The third-order valence-corrected chi connectivity index (χ3v) is 4.80. The predicted molar refractivity (Wildman–Crippen MR) is 90.1 cm³/mol. The van der Waals surface area contributed by atoms with Gasteiger partial charge in [0.2, 0.25) is 0 Å². The zero-order chi connectivity index (χ0) is 16.8. The van der Waals surface area contributed by atoms with Crippen molar-refractivity contribution in [1.82, 2.24) is 24.4 Å². The summed E-state index contributed by atoms with van der Waals surface area (Å²) < 4.78 is 3.60. The van der Waals surface area contributed by atoms with Crippen molar-refractivity contribution in [2.75, 3.05) is 5.32 Å². The molecule has 3 heterocycles. The monoisotopic (exact) mass is 324 g/mol. The molecule has 0 aliphatic heterocycles. The Hall–Kier alpha value is -2.70. The predicted octanol–water partition coefficient (Wildman–Crippen LogP) is 2.77. The molecule has 1 atom stereocenters. The van der Waals surface area contributed by atoms with Gasteiger partial charge in [0.05, 0.1) is 29.7 Å². The van der Waals surface area contributed by atoms with Gasteiger partial charge in [-0.15, -0.1) is 0 Å². The van der Waals surface area contributed by atoms with Crippen LogP contribution in [0, 0.1) is 19.8 Å². The van der Waals surface area contributed by atoms with Crippen LogP contribution in [0.1, 0.15) is 47.4 Å². The first-order valence-electron chi connectivity index (χ1n) is 8.21. The summed E-state index contributed by atoms with van der Waals surface area (Å²) in [6.07, 6.45) is 7.53. The first kappa shape index (κ1) is 14.9. The highest BCUT2D eigenvalue weighted by molar-refractivity contribution is 6.04. The Balaban J connectivity index is 1.66. The lowest BCUT2D eigenvalue weighted by Gasteiger charge is -2.16. The third kappa shape index (κ3) is 2.36. The minimum atomic E-state index is -0.190. The summed E-state index contributed by atoms with van der Waals surface area (Å²) in [6.45, 7) is 5.98. The first-order chi connectivity index (χ1) is 11.6. The van der Waals surface area contributed by atoms with Gasteiger partial charge in [0.25, 0.3) is 5.91 Å². The van der Waals surface area contributed by atoms with Crippen LogP contribution in [0.2, 0.25) is 0 Å². The molecule has 7 nitrogen and oxygen atoms in total. The van der Waals surface area contributed by atoms with Crippen LogP contribution in [0.15, 0.2) is 24.7 Å². The van der Waals surface area contributed by atoms with Crippen LogP contribution >= 0.6 is 0 Å². The summed E-state index contributed by atoms with van der Waals surface area (Å²) >= 11 is 0. The summed E-state index contributed by atoms with van der Waals surface area (Å²) in [4.78, 5) is 17.1. The van der Waals surface area contributed by atoms with Gasteiger partial charge in [-0.1, -0.05) is 0 Å². The molecule has 1 fully saturated rings. The van der Waals surface area contributed by atoms with E-state index < -0.39 is 0 Å². The molecule has 1 unspecified atom stereocenters. The molecule has 1 saturated carbocycles. The lowest BCUT2D eigenvalue weighted by molar-refractivity contribution is 0.102. The maximum Gasteiger partial charge on any atom is 0.260 e. The van der Waals surface area contributed by atoms with Crippen molar-refractivity contribution in [3.05, 3.63) is 41.5 Å². The molecular weight excluding hydrogens is 304 g/mol. The Labute approximate surface area is 139 Å². The molecule has 0 bridgehead atoms. The van der Waals surface area contributed by atoms with Crippen molar-refractivity contribution in [1.29, 1.82) is 0 Å². The van der Waals surface area contributed by atoms with Gasteiger partial charge in [0.15, 0.2) is 5.65 Å². The van der Waals surface area contributed by atoms with Crippen molar-refractivity contribution in [2.45, 2.75) is 39.7 Å². The number of hydrogen-bond acceptors (Lipinski definition) is 4. The fourth-order valence-electron chi connectivity index (χ4n) is 3.08. The van der Waals surface area contributed by atoms with Crippen molar-refractivity contribution in [3.8, 4) is 0 Å². The van der Waals surface area contributed by atoms with E-state index in [4.69, 9.17) is 0 Å². The van der Waals surface area contributed by atoms with Crippen LogP contribution in [0.4, 0.5) is 5.82 Å². The molecule has 3 aromatic heterocycles. The van der Waals surface area contributed by atoms with Gasteiger partial charge in [-0.25, -0.2) is 14.2 Å². The first-order valence-corrected chi connectivity index (χ1v) is 8.21. The maximum absolute atomic E-state index is 12.8. The van der Waals surface area contributed by atoms with Crippen LogP contribution in [0.3, 0.4) is 0 Å². The van der Waals surface area contributed by atoms with Gasteiger partial charge in [-0.2, -0.15) is 10.2 Å². The van der Waals surface area contributed by atoms with Crippen LogP contribution in [-0.2, 0) is 0 Å². The van der Waals surface area contributed by atoms with Gasteiger partial charge in [-0.3, -0.25) is 4.79 Å². The number of rotatable bonds is 4. The van der Waals surface area contributed by atoms with Crippen molar-refractivity contribution in [3.63, 3.8) is 0 Å². The molecule has 1 aliphatic rings. The smallest absolute Gasteiger partial charge is 0.260 e. The molecule has 0 saturated heterocycles. The standard InChI is InChI=1S/C17H20N6O/c1-10-8-20-23(11(2)13-4-5-13)16(10)21-17(24)14-9-18-15-6-7-19-22(15)12(14)3/h6-9,11,13H,4-5H2,1-3H3,(H,21,24). The summed E-state index contributed by atoms with van der Waals surface area (Å²) in [6, 6.07) is 2.10. The van der Waals surface area contributed by atoms with E-state index in [-0.39, 0.29) is 5.91 Å². The zero-order valence-corrected chi connectivity index (χ0v) is 14.0. The largest absolute Gasteiger partial charge is 0.306 e. The molecule has 24 heavy (non-hydrogen) atoms. The summed E-state index contributed by atoms with van der Waals surface area (Å²) in [5.41, 5.74) is 2.97. The van der Waals surface area contributed by atoms with E-state index >= 15 is 0 Å². The van der Waals surface area contributed by atoms with Gasteiger partial charge in [-0.05, 0) is 39.5 Å². The SMILES string of the molecule is Cc1cnn(C(C)C2CC2)c1NC(=O)c1cnc2ccnn2c1C. The van der Waals surface area contributed by atoms with Crippen LogP contribution in [-0.4, -0.2) is 30.3 Å². The van der Waals surface area contributed by atoms with Gasteiger partial charge >= 0.3 is 0 Å². The van der Waals surface area contributed by atoms with E-state index in [9.17, 15) is 4.79 Å². The molecule has 1 aliphatic carbocycles. The van der Waals surface area contributed by atoms with Crippen molar-refractivity contribution < 1.29 is 4.79 Å². The average Bonchev–Trinajstić information content (AvgIpc) is 3.20. The number of fused-ring (bicyclic) bond motifs is 1. The average molecular weight is 324 g/mol. The number of carbonyl (C=O) groups is 1. The van der Waals surface area contributed by atoms with Gasteiger partial charge in [0, 0.05) is 17.8 Å². The Morgan fingerprint density at radius 2 is 2.08 bits per heavy atom. The Morgan fingerprint density at radius 3 is 2.83 bits per heavy atom. The third-order valence-electron chi connectivity index (χ3n) is 4.80. The van der Waals surface area contributed by atoms with Gasteiger partial charge in [0.1, 0.15) is 5.82 Å². The molecule has 0 radical (unpaired) electrons. The van der Waals surface area contributed by atoms with E-state index in [1.54, 1.807) is 23.1 Å². The molecule has 0 spiro atoms. The number of hydrogen-bond donors (Lipinski definition) is 1. The normalized spacial score (nSPS) is 15.6. The molecule has 3 aromatic rings. The van der Waals surface area contributed by atoms with Gasteiger partial charge < -0.3 is 5.32 Å². The van der Waals surface area contributed by atoms with E-state index in [1.807, 2.05) is 24.6 Å². The number of nitrogens with one attached hydrogen (secondary N) is 1. The summed E-state index contributed by atoms with van der Waals surface area (Å²) in [7, 11) is 0. The highest BCUT2D eigenvalue weighted by atomic mass is 16.1. The number of aryl methyl sites for hydroxylation is 2. The minimum absolute atomic E-state index is 0.190. The highest BCUT2D eigenvalue weighted by Gasteiger charge is 2.31. The summed E-state index contributed by atoms with van der Waals surface area (Å²) in [5, 5.41) is 11.7.